The van der Waals surface area contributed by atoms with Crippen molar-refractivity contribution in [3.63, 3.8) is 0 Å². The highest BCUT2D eigenvalue weighted by atomic mass is 127. The second-order valence-electron chi connectivity index (χ2n) is 3.32. The molecule has 1 aromatic carbocycles. The van der Waals surface area contributed by atoms with Crippen molar-refractivity contribution in [2.75, 3.05) is 5.73 Å². The van der Waals surface area contributed by atoms with E-state index in [-0.39, 0.29) is 0 Å². The lowest BCUT2D eigenvalue weighted by atomic mass is 10.3. The third kappa shape index (κ3) is 3.10. The number of pyridine rings is 1. The number of hydrogen-bond acceptors (Lipinski definition) is 3. The molecule has 0 atom stereocenters. The molecule has 0 saturated carbocycles. The van der Waals surface area contributed by atoms with Crippen LogP contribution in [0, 0.1) is 3.57 Å². The van der Waals surface area contributed by atoms with Gasteiger partial charge in [0.1, 0.15) is 12.4 Å². The Morgan fingerprint density at radius 2 is 1.94 bits per heavy atom. The minimum absolute atomic E-state index is 0.436. The first-order valence-electron chi connectivity index (χ1n) is 4.83. The fourth-order valence-corrected chi connectivity index (χ4v) is 1.62. The van der Waals surface area contributed by atoms with Gasteiger partial charge >= 0.3 is 0 Å². The van der Waals surface area contributed by atoms with Crippen LogP contribution in [0.3, 0.4) is 0 Å². The number of halogens is 1. The first-order valence-corrected chi connectivity index (χ1v) is 5.91. The van der Waals surface area contributed by atoms with E-state index >= 15 is 0 Å². The summed E-state index contributed by atoms with van der Waals surface area (Å²) in [6.45, 7) is 0.436. The molecule has 0 radical (unpaired) electrons. The standard InChI is InChI=1S/C12H11IN2O/c13-9-1-3-12(4-2-9)16-8-11-7-10(14)5-6-15-11/h1-7H,8H2,(H2,14,15). The van der Waals surface area contributed by atoms with Crippen molar-refractivity contribution in [2.24, 2.45) is 0 Å². The van der Waals surface area contributed by atoms with Crippen LogP contribution < -0.4 is 10.5 Å². The second kappa shape index (κ2) is 5.16. The van der Waals surface area contributed by atoms with Crippen LogP contribution in [0.1, 0.15) is 5.69 Å². The molecule has 0 aliphatic carbocycles. The molecular weight excluding hydrogens is 315 g/mol. The van der Waals surface area contributed by atoms with Crippen LogP contribution in [0.25, 0.3) is 0 Å². The molecule has 1 heterocycles. The van der Waals surface area contributed by atoms with E-state index in [4.69, 9.17) is 10.5 Å². The fourth-order valence-electron chi connectivity index (χ4n) is 1.26. The summed E-state index contributed by atoms with van der Waals surface area (Å²) >= 11 is 2.26. The molecule has 0 aliphatic rings. The van der Waals surface area contributed by atoms with Gasteiger partial charge in [0.05, 0.1) is 5.69 Å². The maximum absolute atomic E-state index is 5.65. The maximum atomic E-state index is 5.65. The van der Waals surface area contributed by atoms with E-state index < -0.39 is 0 Å². The molecule has 3 nitrogen and oxygen atoms in total. The highest BCUT2D eigenvalue weighted by molar-refractivity contribution is 14.1. The molecule has 16 heavy (non-hydrogen) atoms. The van der Waals surface area contributed by atoms with Crippen molar-refractivity contribution in [1.29, 1.82) is 0 Å². The predicted molar refractivity (Wildman–Crippen MR) is 72.1 cm³/mol. The average Bonchev–Trinajstić information content (AvgIpc) is 2.28. The van der Waals surface area contributed by atoms with Gasteiger partial charge in [-0.25, -0.2) is 0 Å². The summed E-state index contributed by atoms with van der Waals surface area (Å²) < 4.78 is 6.77. The van der Waals surface area contributed by atoms with Crippen LogP contribution in [0.5, 0.6) is 5.75 Å². The van der Waals surface area contributed by atoms with Gasteiger partial charge in [0.15, 0.2) is 0 Å². The molecule has 2 rings (SSSR count). The van der Waals surface area contributed by atoms with Gasteiger partial charge in [0.25, 0.3) is 0 Å². The lowest BCUT2D eigenvalue weighted by molar-refractivity contribution is 0.301. The molecule has 0 spiro atoms. The Labute approximate surface area is 108 Å². The Morgan fingerprint density at radius 3 is 2.62 bits per heavy atom. The van der Waals surface area contributed by atoms with Crippen molar-refractivity contribution in [3.05, 3.63) is 51.9 Å². The quantitative estimate of drug-likeness (QED) is 0.883. The monoisotopic (exact) mass is 326 g/mol. The van der Waals surface area contributed by atoms with E-state index in [9.17, 15) is 0 Å². The van der Waals surface area contributed by atoms with Gasteiger partial charge in [-0.3, -0.25) is 4.98 Å². The minimum atomic E-state index is 0.436. The topological polar surface area (TPSA) is 48.1 Å². The number of nitrogen functional groups attached to an aromatic ring is 1. The normalized spacial score (nSPS) is 10.1. The highest BCUT2D eigenvalue weighted by Gasteiger charge is 1.97. The Bertz CT molecular complexity index is 471. The van der Waals surface area contributed by atoms with Gasteiger partial charge < -0.3 is 10.5 Å². The lowest BCUT2D eigenvalue weighted by Crippen LogP contribution is -1.99. The predicted octanol–water partition coefficient (Wildman–Crippen LogP) is 2.85. The zero-order chi connectivity index (χ0) is 11.4. The summed E-state index contributed by atoms with van der Waals surface area (Å²) in [5.74, 6) is 0.838. The zero-order valence-electron chi connectivity index (χ0n) is 8.56. The Balaban J connectivity index is 1.99. The Morgan fingerprint density at radius 1 is 1.19 bits per heavy atom. The van der Waals surface area contributed by atoms with Gasteiger partial charge in [0.2, 0.25) is 0 Å². The fraction of sp³-hybridized carbons (Fsp3) is 0.0833. The molecule has 0 saturated heterocycles. The number of anilines is 1. The average molecular weight is 326 g/mol. The molecule has 0 bridgehead atoms. The van der Waals surface area contributed by atoms with Crippen LogP contribution in [0.2, 0.25) is 0 Å². The number of aromatic nitrogens is 1. The van der Waals surface area contributed by atoms with Crippen LogP contribution in [-0.4, -0.2) is 4.98 Å². The van der Waals surface area contributed by atoms with E-state index in [0.29, 0.717) is 12.3 Å². The number of hydrogen-bond donors (Lipinski definition) is 1. The number of benzene rings is 1. The SMILES string of the molecule is Nc1ccnc(COc2ccc(I)cc2)c1. The summed E-state index contributed by atoms with van der Waals surface area (Å²) in [4.78, 5) is 4.17. The van der Waals surface area contributed by atoms with Crippen LogP contribution in [-0.2, 0) is 6.61 Å². The lowest BCUT2D eigenvalue weighted by Gasteiger charge is -2.05. The maximum Gasteiger partial charge on any atom is 0.130 e. The van der Waals surface area contributed by atoms with Crippen LogP contribution >= 0.6 is 22.6 Å². The minimum Gasteiger partial charge on any atom is -0.487 e. The molecule has 0 fully saturated rings. The van der Waals surface area contributed by atoms with E-state index in [1.54, 1.807) is 12.3 Å². The molecule has 2 N–H and O–H groups in total. The number of ether oxygens (including phenoxy) is 1. The zero-order valence-corrected chi connectivity index (χ0v) is 10.7. The third-order valence-corrected chi connectivity index (χ3v) is 2.76. The summed E-state index contributed by atoms with van der Waals surface area (Å²) in [7, 11) is 0. The van der Waals surface area contributed by atoms with E-state index in [1.807, 2.05) is 30.3 Å². The van der Waals surface area contributed by atoms with Crippen molar-refractivity contribution >= 4 is 28.3 Å². The number of nitrogens with two attached hydrogens (primary N) is 1. The van der Waals surface area contributed by atoms with Crippen molar-refractivity contribution in [1.82, 2.24) is 4.98 Å². The first kappa shape index (κ1) is 11.2. The van der Waals surface area contributed by atoms with Crippen molar-refractivity contribution in [3.8, 4) is 5.75 Å². The van der Waals surface area contributed by atoms with Crippen LogP contribution in [0.4, 0.5) is 5.69 Å². The van der Waals surface area contributed by atoms with Gasteiger partial charge in [-0.05, 0) is 59.0 Å². The number of rotatable bonds is 3. The van der Waals surface area contributed by atoms with Gasteiger partial charge in [-0.2, -0.15) is 0 Å². The molecule has 2 aromatic rings. The van der Waals surface area contributed by atoms with Gasteiger partial charge in [-0.15, -0.1) is 0 Å². The van der Waals surface area contributed by atoms with Gasteiger partial charge in [-0.1, -0.05) is 0 Å². The molecule has 0 aliphatic heterocycles. The van der Waals surface area contributed by atoms with Crippen molar-refractivity contribution in [2.45, 2.75) is 6.61 Å². The number of nitrogens with zero attached hydrogens (tertiary/aromatic N) is 1. The van der Waals surface area contributed by atoms with E-state index in [1.165, 1.54) is 3.57 Å². The van der Waals surface area contributed by atoms with Crippen molar-refractivity contribution < 1.29 is 4.74 Å². The second-order valence-corrected chi connectivity index (χ2v) is 4.57. The Hall–Kier alpha value is -1.30. The highest BCUT2D eigenvalue weighted by Crippen LogP contribution is 2.15. The molecule has 1 aromatic heterocycles. The molecule has 0 amide bonds. The third-order valence-electron chi connectivity index (χ3n) is 2.04. The van der Waals surface area contributed by atoms with Gasteiger partial charge in [0, 0.05) is 15.5 Å². The molecule has 4 heteroatoms. The summed E-state index contributed by atoms with van der Waals surface area (Å²) in [6.07, 6.45) is 1.68. The van der Waals surface area contributed by atoms with E-state index in [0.717, 1.165) is 11.4 Å². The molecule has 82 valence electrons. The molecule has 0 unspecified atom stereocenters. The smallest absolute Gasteiger partial charge is 0.130 e. The summed E-state index contributed by atoms with van der Waals surface area (Å²) in [6, 6.07) is 11.5. The van der Waals surface area contributed by atoms with Crippen LogP contribution in [0.15, 0.2) is 42.6 Å². The first-order chi connectivity index (χ1) is 7.74. The summed E-state index contributed by atoms with van der Waals surface area (Å²) in [5, 5.41) is 0. The Kier molecular flexibility index (Phi) is 3.61. The molecular formula is C12H11IN2O. The van der Waals surface area contributed by atoms with E-state index in [2.05, 4.69) is 27.6 Å². The summed E-state index contributed by atoms with van der Waals surface area (Å²) in [5.41, 5.74) is 7.19. The largest absolute Gasteiger partial charge is 0.487 e.